The van der Waals surface area contributed by atoms with Gasteiger partial charge in [0, 0.05) is 36.4 Å². The summed E-state index contributed by atoms with van der Waals surface area (Å²) >= 11 is 7.27. The fourth-order valence-electron chi connectivity index (χ4n) is 4.52. The molecule has 4 heterocycles. The number of nitrogens with one attached hydrogen (secondary N) is 1. The molecule has 0 bridgehead atoms. The average molecular weight is 615 g/mol. The second-order valence-corrected chi connectivity index (χ2v) is 10.9. The summed E-state index contributed by atoms with van der Waals surface area (Å²) in [5.41, 5.74) is 1.89. The van der Waals surface area contributed by atoms with Crippen molar-refractivity contribution >= 4 is 29.3 Å². The zero-order chi connectivity index (χ0) is 29.3. The van der Waals surface area contributed by atoms with Crippen molar-refractivity contribution in [1.82, 2.24) is 30.4 Å². The van der Waals surface area contributed by atoms with E-state index in [0.717, 1.165) is 43.4 Å². The molecule has 0 aliphatic carbocycles. The van der Waals surface area contributed by atoms with Crippen LogP contribution >= 0.6 is 23.4 Å². The van der Waals surface area contributed by atoms with Gasteiger partial charge in [-0.1, -0.05) is 28.6 Å². The van der Waals surface area contributed by atoms with Crippen molar-refractivity contribution in [3.8, 4) is 11.3 Å². The van der Waals surface area contributed by atoms with E-state index in [1.807, 2.05) is 0 Å². The van der Waals surface area contributed by atoms with Gasteiger partial charge in [0.05, 0.1) is 17.8 Å². The second-order valence-electron chi connectivity index (χ2n) is 9.36. The maximum atomic E-state index is 13.9. The van der Waals surface area contributed by atoms with Gasteiger partial charge in [-0.15, -0.1) is 5.10 Å². The first-order valence-corrected chi connectivity index (χ1v) is 14.0. The average Bonchev–Trinajstić information content (AvgIpc) is 3.40. The molecule has 2 aliphatic rings. The minimum Gasteiger partial charge on any atom is -0.394 e. The summed E-state index contributed by atoms with van der Waals surface area (Å²) in [7, 11) is 0. The van der Waals surface area contributed by atoms with Crippen LogP contribution in [0.15, 0.2) is 35.5 Å². The van der Waals surface area contributed by atoms with Crippen LogP contribution in [0.5, 0.6) is 0 Å². The summed E-state index contributed by atoms with van der Waals surface area (Å²) in [6.07, 6.45) is 0.247. The van der Waals surface area contributed by atoms with Gasteiger partial charge < -0.3 is 19.7 Å². The molecule has 2 aromatic heterocycles. The molecule has 5 atom stereocenters. The molecule has 5 rings (SSSR count). The highest BCUT2D eigenvalue weighted by Gasteiger charge is 2.48. The number of carbonyl (C=O) groups is 1. The standard InChI is InChI=1S/C25H26ClF3N6O5S/c1-2-39-23-21(35-10-16(31-33-35)12-6-14(27)19(29)15(28)7-12)22(37)17(11-36)40-25(23)41-18-8-13(26)9-30-20(18)24(38)32-34-4-3-5-34/h6-10,17,21-23,25,36-37H,2-5,11H2,1H3,(H,32,38)/t17-,21+,22+,23-,25-/m1/s1. The van der Waals surface area contributed by atoms with E-state index >= 15 is 0 Å². The van der Waals surface area contributed by atoms with E-state index in [-0.39, 0.29) is 28.6 Å². The molecular formula is C25H26ClF3N6O5S. The van der Waals surface area contributed by atoms with Crippen molar-refractivity contribution in [3.63, 3.8) is 0 Å². The van der Waals surface area contributed by atoms with Crippen LogP contribution in [0.3, 0.4) is 0 Å². The van der Waals surface area contributed by atoms with Crippen LogP contribution in [0.2, 0.25) is 5.02 Å². The molecule has 0 spiro atoms. The Labute approximate surface area is 241 Å². The molecule has 3 N–H and O–H groups in total. The number of benzene rings is 1. The first kappa shape index (κ1) is 29.7. The number of ether oxygens (including phenoxy) is 2. The smallest absolute Gasteiger partial charge is 0.285 e. The lowest BCUT2D eigenvalue weighted by Gasteiger charge is -2.43. The van der Waals surface area contributed by atoms with E-state index < -0.39 is 59.8 Å². The first-order valence-electron chi connectivity index (χ1n) is 12.7. The molecule has 2 saturated heterocycles. The number of nitrogens with zero attached hydrogens (tertiary/aromatic N) is 5. The Morgan fingerprint density at radius 1 is 1.27 bits per heavy atom. The Morgan fingerprint density at radius 2 is 2.00 bits per heavy atom. The van der Waals surface area contributed by atoms with E-state index in [4.69, 9.17) is 21.1 Å². The predicted molar refractivity (Wildman–Crippen MR) is 140 cm³/mol. The summed E-state index contributed by atoms with van der Waals surface area (Å²) in [6.45, 7) is 2.78. The second kappa shape index (κ2) is 12.6. The van der Waals surface area contributed by atoms with Crippen LogP contribution < -0.4 is 5.43 Å². The first-order chi connectivity index (χ1) is 19.7. The predicted octanol–water partition coefficient (Wildman–Crippen LogP) is 2.58. The van der Waals surface area contributed by atoms with Crippen molar-refractivity contribution < 1.29 is 37.7 Å². The van der Waals surface area contributed by atoms with Crippen molar-refractivity contribution in [2.75, 3.05) is 26.3 Å². The highest BCUT2D eigenvalue weighted by atomic mass is 35.5. The van der Waals surface area contributed by atoms with Crippen molar-refractivity contribution in [3.05, 3.63) is 58.8 Å². The van der Waals surface area contributed by atoms with E-state index in [1.54, 1.807) is 18.0 Å². The third-order valence-electron chi connectivity index (χ3n) is 6.67. The van der Waals surface area contributed by atoms with E-state index in [0.29, 0.717) is 4.90 Å². The van der Waals surface area contributed by atoms with Gasteiger partial charge in [-0.05, 0) is 31.5 Å². The Morgan fingerprint density at radius 3 is 2.63 bits per heavy atom. The molecule has 0 radical (unpaired) electrons. The van der Waals surface area contributed by atoms with Crippen LogP contribution in [-0.4, -0.2) is 91.2 Å². The highest BCUT2D eigenvalue weighted by molar-refractivity contribution is 8.00. The lowest BCUT2D eigenvalue weighted by molar-refractivity contribution is -0.191. The highest BCUT2D eigenvalue weighted by Crippen LogP contribution is 2.41. The summed E-state index contributed by atoms with van der Waals surface area (Å²) < 4.78 is 54.4. The third kappa shape index (κ3) is 6.21. The quantitative estimate of drug-likeness (QED) is 0.309. The van der Waals surface area contributed by atoms with Crippen LogP contribution in [0.25, 0.3) is 11.3 Å². The van der Waals surface area contributed by atoms with Crippen molar-refractivity contribution in [1.29, 1.82) is 0 Å². The number of pyridine rings is 1. The Balaban J connectivity index is 1.47. The van der Waals surface area contributed by atoms with Gasteiger partial charge in [0.1, 0.15) is 41.2 Å². The molecule has 3 aromatic rings. The molecule has 2 aliphatic heterocycles. The van der Waals surface area contributed by atoms with Gasteiger partial charge in [-0.3, -0.25) is 10.2 Å². The fourth-order valence-corrected chi connectivity index (χ4v) is 6.01. The Kier molecular flexibility index (Phi) is 9.13. The van der Waals surface area contributed by atoms with Gasteiger partial charge >= 0.3 is 0 Å². The number of hydrogen-bond donors (Lipinski definition) is 3. The van der Waals surface area contributed by atoms with Gasteiger partial charge in [-0.2, -0.15) is 0 Å². The normalized spacial score (nSPS) is 24.7. The van der Waals surface area contributed by atoms with Crippen LogP contribution in [0, 0.1) is 17.5 Å². The SMILES string of the molecule is CCO[C@@H]1[C@@H](n2cc(-c3cc(F)c(F)c(F)c3)nn2)[C@@H](O)[C@@H](CO)O[C@@H]1Sc1cc(Cl)cnc1C(=O)NN1CCC1. The zero-order valence-electron chi connectivity index (χ0n) is 21.6. The molecule has 2 fully saturated rings. The number of rotatable bonds is 9. The lowest BCUT2D eigenvalue weighted by Crippen LogP contribution is -2.56. The molecule has 1 amide bonds. The van der Waals surface area contributed by atoms with E-state index in [1.165, 1.54) is 17.1 Å². The molecule has 11 nitrogen and oxygen atoms in total. The van der Waals surface area contributed by atoms with Gasteiger partial charge in [0.2, 0.25) is 0 Å². The van der Waals surface area contributed by atoms with E-state index in [9.17, 15) is 28.2 Å². The monoisotopic (exact) mass is 614 g/mol. The maximum absolute atomic E-state index is 13.9. The minimum absolute atomic E-state index is 0.00508. The minimum atomic E-state index is -1.61. The van der Waals surface area contributed by atoms with Crippen LogP contribution in [0.1, 0.15) is 29.9 Å². The number of hydrogen-bond acceptors (Lipinski definition) is 10. The molecule has 220 valence electrons. The van der Waals surface area contributed by atoms with Gasteiger partial charge in [0.25, 0.3) is 5.91 Å². The largest absolute Gasteiger partial charge is 0.394 e. The van der Waals surface area contributed by atoms with Gasteiger partial charge in [0.15, 0.2) is 17.5 Å². The number of aliphatic hydroxyl groups is 2. The Hall–Kier alpha value is -2.79. The van der Waals surface area contributed by atoms with Gasteiger partial charge in [-0.25, -0.2) is 27.8 Å². The molecular weight excluding hydrogens is 589 g/mol. The summed E-state index contributed by atoms with van der Waals surface area (Å²) in [4.78, 5) is 17.6. The number of carbonyl (C=O) groups excluding carboxylic acids is 1. The number of amides is 1. The summed E-state index contributed by atoms with van der Waals surface area (Å²) in [5.74, 6) is -4.85. The molecule has 41 heavy (non-hydrogen) atoms. The summed E-state index contributed by atoms with van der Waals surface area (Å²) in [6, 6.07) is 2.11. The fraction of sp³-hybridized carbons (Fsp3) is 0.440. The number of halogens is 4. The number of thioether (sulfide) groups is 1. The maximum Gasteiger partial charge on any atom is 0.285 e. The van der Waals surface area contributed by atoms with Crippen LogP contribution in [-0.2, 0) is 9.47 Å². The Bertz CT molecular complexity index is 1390. The molecule has 0 saturated carbocycles. The molecule has 16 heteroatoms. The van der Waals surface area contributed by atoms with Crippen molar-refractivity contribution in [2.24, 2.45) is 0 Å². The number of hydrazine groups is 1. The summed E-state index contributed by atoms with van der Waals surface area (Å²) in [5, 5.41) is 31.2. The van der Waals surface area contributed by atoms with E-state index in [2.05, 4.69) is 20.7 Å². The topological polar surface area (TPSA) is 135 Å². The third-order valence-corrected chi connectivity index (χ3v) is 8.06. The molecule has 0 unspecified atom stereocenters. The van der Waals surface area contributed by atoms with Crippen LogP contribution in [0.4, 0.5) is 13.2 Å². The zero-order valence-corrected chi connectivity index (χ0v) is 23.2. The number of aliphatic hydroxyl groups excluding tert-OH is 2. The number of aromatic nitrogens is 4. The lowest BCUT2D eigenvalue weighted by atomic mass is 9.97. The van der Waals surface area contributed by atoms with Crippen molar-refractivity contribution in [2.45, 2.75) is 48.0 Å². The molecule has 1 aromatic carbocycles.